The van der Waals surface area contributed by atoms with Crippen molar-refractivity contribution in [2.45, 2.75) is 39.2 Å². The minimum Gasteiger partial charge on any atom is -0.392 e. The highest BCUT2D eigenvalue weighted by Gasteiger charge is 2.27. The standard InChI is InChI=1S/C14H23NO3S/c1-11-12(9-16)7-6-8-13(11)19(17,18)15(5)10-14(2,3)4/h6-8,16H,9-10H2,1-5H3. The zero-order valence-corrected chi connectivity index (χ0v) is 13.1. The lowest BCUT2D eigenvalue weighted by Gasteiger charge is -2.26. The van der Waals surface area contributed by atoms with Gasteiger partial charge in [-0.3, -0.25) is 0 Å². The van der Waals surface area contributed by atoms with Gasteiger partial charge in [-0.2, -0.15) is 0 Å². The van der Waals surface area contributed by atoms with Crippen LogP contribution >= 0.6 is 0 Å². The highest BCUT2D eigenvalue weighted by atomic mass is 32.2. The average molecular weight is 285 g/mol. The zero-order chi connectivity index (χ0) is 14.8. The van der Waals surface area contributed by atoms with Gasteiger partial charge in [0, 0.05) is 13.6 Å². The van der Waals surface area contributed by atoms with Gasteiger partial charge in [-0.25, -0.2) is 12.7 Å². The number of rotatable bonds is 4. The molecule has 0 saturated heterocycles. The summed E-state index contributed by atoms with van der Waals surface area (Å²) >= 11 is 0. The second kappa shape index (κ2) is 5.61. The van der Waals surface area contributed by atoms with Crippen molar-refractivity contribution in [2.24, 2.45) is 5.41 Å². The minimum atomic E-state index is -3.51. The summed E-state index contributed by atoms with van der Waals surface area (Å²) in [5.74, 6) is 0. The molecule has 1 rings (SSSR count). The molecule has 0 aliphatic carbocycles. The fourth-order valence-corrected chi connectivity index (χ4v) is 3.69. The van der Waals surface area contributed by atoms with Crippen molar-refractivity contribution in [1.29, 1.82) is 0 Å². The Hall–Kier alpha value is -0.910. The van der Waals surface area contributed by atoms with Gasteiger partial charge in [0.1, 0.15) is 0 Å². The third-order valence-corrected chi connectivity index (χ3v) is 4.90. The molecule has 0 spiro atoms. The van der Waals surface area contributed by atoms with Gasteiger partial charge in [-0.05, 0) is 29.5 Å². The number of sulfonamides is 1. The highest BCUT2D eigenvalue weighted by molar-refractivity contribution is 7.89. The molecule has 0 aliphatic rings. The van der Waals surface area contributed by atoms with E-state index in [1.807, 2.05) is 20.8 Å². The smallest absolute Gasteiger partial charge is 0.243 e. The largest absolute Gasteiger partial charge is 0.392 e. The van der Waals surface area contributed by atoms with Crippen molar-refractivity contribution in [2.75, 3.05) is 13.6 Å². The maximum atomic E-state index is 12.5. The maximum absolute atomic E-state index is 12.5. The van der Waals surface area contributed by atoms with E-state index < -0.39 is 10.0 Å². The molecule has 0 saturated carbocycles. The SMILES string of the molecule is Cc1c(CO)cccc1S(=O)(=O)N(C)CC(C)(C)C. The molecule has 5 heteroatoms. The van der Waals surface area contributed by atoms with Gasteiger partial charge in [0.2, 0.25) is 10.0 Å². The third-order valence-electron chi connectivity index (χ3n) is 2.95. The molecule has 1 aromatic rings. The van der Waals surface area contributed by atoms with E-state index in [4.69, 9.17) is 0 Å². The molecule has 0 atom stereocenters. The third kappa shape index (κ3) is 3.78. The van der Waals surface area contributed by atoms with E-state index >= 15 is 0 Å². The first kappa shape index (κ1) is 16.1. The molecule has 0 aromatic heterocycles. The van der Waals surface area contributed by atoms with Crippen LogP contribution in [0.4, 0.5) is 0 Å². The topological polar surface area (TPSA) is 57.6 Å². The molecular weight excluding hydrogens is 262 g/mol. The monoisotopic (exact) mass is 285 g/mol. The van der Waals surface area contributed by atoms with Crippen LogP contribution < -0.4 is 0 Å². The normalized spacial score (nSPS) is 13.0. The average Bonchev–Trinajstić information content (AvgIpc) is 2.26. The van der Waals surface area contributed by atoms with Crippen LogP contribution in [0.1, 0.15) is 31.9 Å². The van der Waals surface area contributed by atoms with Crippen LogP contribution in [0.3, 0.4) is 0 Å². The second-order valence-electron chi connectivity index (χ2n) is 6.02. The highest BCUT2D eigenvalue weighted by Crippen LogP contribution is 2.24. The minimum absolute atomic E-state index is 0.107. The predicted octanol–water partition coefficient (Wildman–Crippen LogP) is 2.15. The van der Waals surface area contributed by atoms with E-state index in [0.29, 0.717) is 17.7 Å². The Morgan fingerprint density at radius 1 is 1.26 bits per heavy atom. The van der Waals surface area contributed by atoms with Gasteiger partial charge in [-0.1, -0.05) is 32.9 Å². The zero-order valence-electron chi connectivity index (χ0n) is 12.3. The Labute approximate surface area is 116 Å². The Balaban J connectivity index is 3.21. The van der Waals surface area contributed by atoms with Gasteiger partial charge in [-0.15, -0.1) is 0 Å². The summed E-state index contributed by atoms with van der Waals surface area (Å²) in [5, 5.41) is 9.23. The quantitative estimate of drug-likeness (QED) is 0.922. The molecule has 19 heavy (non-hydrogen) atoms. The number of hydrogen-bond acceptors (Lipinski definition) is 3. The van der Waals surface area contributed by atoms with E-state index in [-0.39, 0.29) is 16.9 Å². The van der Waals surface area contributed by atoms with Gasteiger partial charge >= 0.3 is 0 Å². The van der Waals surface area contributed by atoms with E-state index in [1.54, 1.807) is 32.2 Å². The lowest BCUT2D eigenvalue weighted by atomic mass is 9.97. The Kier molecular flexibility index (Phi) is 4.76. The maximum Gasteiger partial charge on any atom is 0.243 e. The molecule has 0 bridgehead atoms. The van der Waals surface area contributed by atoms with Crippen LogP contribution in [-0.2, 0) is 16.6 Å². The van der Waals surface area contributed by atoms with Crippen molar-refractivity contribution in [1.82, 2.24) is 4.31 Å². The molecule has 0 fully saturated rings. The van der Waals surface area contributed by atoms with Gasteiger partial charge in [0.25, 0.3) is 0 Å². The molecule has 4 nitrogen and oxygen atoms in total. The van der Waals surface area contributed by atoms with Crippen LogP contribution in [0, 0.1) is 12.3 Å². The van der Waals surface area contributed by atoms with Crippen LogP contribution in [0.25, 0.3) is 0 Å². The Morgan fingerprint density at radius 2 is 1.84 bits per heavy atom. The summed E-state index contributed by atoms with van der Waals surface area (Å²) in [4.78, 5) is 0.269. The van der Waals surface area contributed by atoms with E-state index in [2.05, 4.69) is 0 Å². The lowest BCUT2D eigenvalue weighted by molar-refractivity contribution is 0.280. The fourth-order valence-electron chi connectivity index (χ4n) is 2.03. The van der Waals surface area contributed by atoms with Crippen molar-refractivity contribution >= 4 is 10.0 Å². The van der Waals surface area contributed by atoms with Crippen molar-refractivity contribution < 1.29 is 13.5 Å². The molecule has 108 valence electrons. The first-order chi connectivity index (χ1) is 8.59. The Morgan fingerprint density at radius 3 is 2.32 bits per heavy atom. The van der Waals surface area contributed by atoms with Gasteiger partial charge in [0.05, 0.1) is 11.5 Å². The van der Waals surface area contributed by atoms with E-state index in [0.717, 1.165) is 0 Å². The summed E-state index contributed by atoms with van der Waals surface area (Å²) in [6.07, 6.45) is 0. The number of hydrogen-bond donors (Lipinski definition) is 1. The summed E-state index contributed by atoms with van der Waals surface area (Å²) in [5.41, 5.74) is 1.15. The number of aliphatic hydroxyl groups excluding tert-OH is 1. The van der Waals surface area contributed by atoms with E-state index in [9.17, 15) is 13.5 Å². The van der Waals surface area contributed by atoms with Crippen LogP contribution in [0.2, 0.25) is 0 Å². The first-order valence-corrected chi connectivity index (χ1v) is 7.69. The molecule has 0 aliphatic heterocycles. The summed E-state index contributed by atoms with van der Waals surface area (Å²) < 4.78 is 26.5. The van der Waals surface area contributed by atoms with Crippen LogP contribution in [-0.4, -0.2) is 31.4 Å². The second-order valence-corrected chi connectivity index (χ2v) is 8.03. The van der Waals surface area contributed by atoms with Crippen LogP contribution in [0.15, 0.2) is 23.1 Å². The number of nitrogens with zero attached hydrogens (tertiary/aromatic N) is 1. The summed E-state index contributed by atoms with van der Waals surface area (Å²) in [6.45, 7) is 8.00. The molecule has 0 radical (unpaired) electrons. The lowest BCUT2D eigenvalue weighted by Crippen LogP contribution is -2.35. The molecule has 0 heterocycles. The Bertz CT molecular complexity index is 544. The molecule has 0 unspecified atom stereocenters. The first-order valence-electron chi connectivity index (χ1n) is 6.25. The van der Waals surface area contributed by atoms with Crippen molar-refractivity contribution in [3.8, 4) is 0 Å². The van der Waals surface area contributed by atoms with E-state index in [1.165, 1.54) is 4.31 Å². The van der Waals surface area contributed by atoms with Crippen molar-refractivity contribution in [3.05, 3.63) is 29.3 Å². The summed E-state index contributed by atoms with van der Waals surface area (Å²) in [6, 6.07) is 4.98. The predicted molar refractivity (Wildman–Crippen MR) is 76.4 cm³/mol. The number of aliphatic hydroxyl groups is 1. The number of benzene rings is 1. The molecule has 1 aromatic carbocycles. The molecular formula is C14H23NO3S. The fraction of sp³-hybridized carbons (Fsp3) is 0.571. The summed E-state index contributed by atoms with van der Waals surface area (Å²) in [7, 11) is -1.92. The van der Waals surface area contributed by atoms with Gasteiger partial charge in [0.15, 0.2) is 0 Å². The molecule has 0 amide bonds. The van der Waals surface area contributed by atoms with Crippen LogP contribution in [0.5, 0.6) is 0 Å². The van der Waals surface area contributed by atoms with Gasteiger partial charge < -0.3 is 5.11 Å². The van der Waals surface area contributed by atoms with Crippen molar-refractivity contribution in [3.63, 3.8) is 0 Å². The molecule has 1 N–H and O–H groups in total.